The van der Waals surface area contributed by atoms with Crippen LogP contribution in [-0.4, -0.2) is 35.4 Å². The van der Waals surface area contributed by atoms with Crippen LogP contribution in [0.25, 0.3) is 0 Å². The fourth-order valence-electron chi connectivity index (χ4n) is 1.52. The normalized spacial score (nSPS) is 12.5. The van der Waals surface area contributed by atoms with Crippen LogP contribution in [0, 0.1) is 6.92 Å². The maximum atomic E-state index is 12.1. The summed E-state index contributed by atoms with van der Waals surface area (Å²) >= 11 is 1.90. The monoisotopic (exact) mass is 255 g/mol. The third-order valence-electron chi connectivity index (χ3n) is 2.82. The first-order valence-electron chi connectivity index (χ1n) is 5.97. The molecule has 0 N–H and O–H groups in total. The Labute approximate surface area is 108 Å². The SMILES string of the molecule is CCSCC[C@@H](C)N(C)C(=O)c1ccc(C)o1. The number of aryl methyl sites for hydroxylation is 1. The molecule has 1 rings (SSSR count). The number of nitrogens with zero attached hydrogens (tertiary/aromatic N) is 1. The lowest BCUT2D eigenvalue weighted by molar-refractivity contribution is 0.0708. The highest BCUT2D eigenvalue weighted by molar-refractivity contribution is 7.99. The van der Waals surface area contributed by atoms with Gasteiger partial charge in [0.2, 0.25) is 0 Å². The van der Waals surface area contributed by atoms with E-state index in [1.807, 2.05) is 31.8 Å². The van der Waals surface area contributed by atoms with Gasteiger partial charge < -0.3 is 9.32 Å². The molecule has 0 saturated heterocycles. The van der Waals surface area contributed by atoms with Crippen molar-refractivity contribution in [1.29, 1.82) is 0 Å². The molecule has 0 aliphatic heterocycles. The van der Waals surface area contributed by atoms with Gasteiger partial charge in [0.15, 0.2) is 5.76 Å². The zero-order chi connectivity index (χ0) is 12.8. The smallest absolute Gasteiger partial charge is 0.289 e. The summed E-state index contributed by atoms with van der Waals surface area (Å²) in [4.78, 5) is 13.8. The summed E-state index contributed by atoms with van der Waals surface area (Å²) < 4.78 is 5.35. The van der Waals surface area contributed by atoms with Crippen LogP contribution < -0.4 is 0 Å². The Morgan fingerprint density at radius 2 is 2.24 bits per heavy atom. The van der Waals surface area contributed by atoms with Gasteiger partial charge in [0.05, 0.1) is 0 Å². The average Bonchev–Trinajstić information content (AvgIpc) is 2.74. The van der Waals surface area contributed by atoms with Crippen molar-refractivity contribution >= 4 is 17.7 Å². The minimum Gasteiger partial charge on any atom is -0.456 e. The Hall–Kier alpha value is -0.900. The van der Waals surface area contributed by atoms with E-state index in [-0.39, 0.29) is 11.9 Å². The summed E-state index contributed by atoms with van der Waals surface area (Å²) in [5.74, 6) is 3.39. The van der Waals surface area contributed by atoms with E-state index in [2.05, 4.69) is 13.8 Å². The van der Waals surface area contributed by atoms with Crippen molar-refractivity contribution < 1.29 is 9.21 Å². The van der Waals surface area contributed by atoms with Crippen LogP contribution in [0.1, 0.15) is 36.6 Å². The molecule has 0 aromatic carbocycles. The molecule has 1 aromatic rings. The average molecular weight is 255 g/mol. The van der Waals surface area contributed by atoms with Crippen molar-refractivity contribution in [3.8, 4) is 0 Å². The minimum absolute atomic E-state index is 0.0351. The van der Waals surface area contributed by atoms with E-state index in [1.165, 1.54) is 0 Å². The van der Waals surface area contributed by atoms with E-state index in [1.54, 1.807) is 11.0 Å². The standard InChI is InChI=1S/C13H21NO2S/c1-5-17-9-8-10(2)14(4)13(15)12-7-6-11(3)16-12/h6-7,10H,5,8-9H2,1-4H3/t10-/m1/s1. The van der Waals surface area contributed by atoms with Crippen LogP contribution >= 0.6 is 11.8 Å². The van der Waals surface area contributed by atoms with Crippen molar-refractivity contribution in [2.24, 2.45) is 0 Å². The predicted molar refractivity (Wildman–Crippen MR) is 72.6 cm³/mol. The molecule has 0 spiro atoms. The molecule has 0 bridgehead atoms. The van der Waals surface area contributed by atoms with Gasteiger partial charge in [-0.1, -0.05) is 6.92 Å². The van der Waals surface area contributed by atoms with Gasteiger partial charge in [0, 0.05) is 13.1 Å². The lowest BCUT2D eigenvalue weighted by atomic mass is 10.2. The van der Waals surface area contributed by atoms with Crippen LogP contribution in [0.15, 0.2) is 16.5 Å². The third-order valence-corrected chi connectivity index (χ3v) is 3.75. The summed E-state index contributed by atoms with van der Waals surface area (Å²) in [6.45, 7) is 6.07. The molecule has 0 aliphatic carbocycles. The third kappa shape index (κ3) is 4.11. The van der Waals surface area contributed by atoms with Crippen LogP contribution in [-0.2, 0) is 0 Å². The topological polar surface area (TPSA) is 33.5 Å². The lowest BCUT2D eigenvalue weighted by Gasteiger charge is -2.23. The van der Waals surface area contributed by atoms with E-state index in [0.717, 1.165) is 23.7 Å². The van der Waals surface area contributed by atoms with Crippen molar-refractivity contribution in [2.75, 3.05) is 18.6 Å². The van der Waals surface area contributed by atoms with Crippen molar-refractivity contribution in [3.63, 3.8) is 0 Å². The highest BCUT2D eigenvalue weighted by atomic mass is 32.2. The zero-order valence-corrected chi connectivity index (χ0v) is 11.8. The molecule has 0 saturated carbocycles. The number of carbonyl (C=O) groups is 1. The Balaban J connectivity index is 2.51. The van der Waals surface area contributed by atoms with Crippen LogP contribution in [0.3, 0.4) is 0 Å². The molecule has 1 amide bonds. The Bertz CT molecular complexity index is 362. The molecule has 4 heteroatoms. The predicted octanol–water partition coefficient (Wildman–Crippen LogP) is 3.19. The Morgan fingerprint density at radius 3 is 2.76 bits per heavy atom. The number of rotatable bonds is 6. The zero-order valence-electron chi connectivity index (χ0n) is 11.0. The van der Waals surface area contributed by atoms with Crippen LogP contribution in [0.5, 0.6) is 0 Å². The highest BCUT2D eigenvalue weighted by Gasteiger charge is 2.19. The molecule has 1 aromatic heterocycles. The lowest BCUT2D eigenvalue weighted by Crippen LogP contribution is -2.35. The number of amides is 1. The number of hydrogen-bond acceptors (Lipinski definition) is 3. The fraction of sp³-hybridized carbons (Fsp3) is 0.615. The molecule has 1 heterocycles. The molecule has 0 aliphatic rings. The van der Waals surface area contributed by atoms with Crippen molar-refractivity contribution in [2.45, 2.75) is 33.2 Å². The van der Waals surface area contributed by atoms with Crippen LogP contribution in [0.4, 0.5) is 0 Å². The fourth-order valence-corrected chi connectivity index (χ4v) is 2.31. The number of furan rings is 1. The molecule has 96 valence electrons. The molecule has 0 fully saturated rings. The quantitative estimate of drug-likeness (QED) is 0.732. The van der Waals surface area contributed by atoms with E-state index < -0.39 is 0 Å². The molecule has 17 heavy (non-hydrogen) atoms. The van der Waals surface area contributed by atoms with Gasteiger partial charge in [-0.2, -0.15) is 11.8 Å². The first kappa shape index (κ1) is 14.2. The number of thioether (sulfide) groups is 1. The summed E-state index contributed by atoms with van der Waals surface area (Å²) in [5, 5.41) is 0. The molecular weight excluding hydrogens is 234 g/mol. The largest absolute Gasteiger partial charge is 0.456 e. The van der Waals surface area contributed by atoms with Crippen molar-refractivity contribution in [3.05, 3.63) is 23.7 Å². The molecule has 0 radical (unpaired) electrons. The van der Waals surface area contributed by atoms with E-state index in [4.69, 9.17) is 4.42 Å². The minimum atomic E-state index is -0.0351. The summed E-state index contributed by atoms with van der Waals surface area (Å²) in [6, 6.07) is 3.80. The van der Waals surface area contributed by atoms with Crippen LogP contribution in [0.2, 0.25) is 0 Å². The maximum Gasteiger partial charge on any atom is 0.289 e. The maximum absolute atomic E-state index is 12.1. The van der Waals surface area contributed by atoms with E-state index in [9.17, 15) is 4.79 Å². The van der Waals surface area contributed by atoms with Crippen molar-refractivity contribution in [1.82, 2.24) is 4.90 Å². The highest BCUT2D eigenvalue weighted by Crippen LogP contribution is 2.13. The molecule has 1 atom stereocenters. The van der Waals surface area contributed by atoms with Gasteiger partial charge in [0.1, 0.15) is 5.76 Å². The van der Waals surface area contributed by atoms with Gasteiger partial charge >= 0.3 is 0 Å². The Morgan fingerprint density at radius 1 is 1.53 bits per heavy atom. The summed E-state index contributed by atoms with van der Waals surface area (Å²) in [6.07, 6.45) is 1.01. The summed E-state index contributed by atoms with van der Waals surface area (Å²) in [7, 11) is 1.83. The molecule has 0 unspecified atom stereocenters. The number of carbonyl (C=O) groups excluding carboxylic acids is 1. The Kier molecular flexibility index (Phi) is 5.62. The van der Waals surface area contributed by atoms with Gasteiger partial charge in [-0.25, -0.2) is 0 Å². The van der Waals surface area contributed by atoms with Gasteiger partial charge in [-0.3, -0.25) is 4.79 Å². The van der Waals surface area contributed by atoms with E-state index >= 15 is 0 Å². The molecular formula is C13H21NO2S. The van der Waals surface area contributed by atoms with Gasteiger partial charge in [-0.05, 0) is 43.9 Å². The van der Waals surface area contributed by atoms with Gasteiger partial charge in [-0.15, -0.1) is 0 Å². The molecule has 3 nitrogen and oxygen atoms in total. The first-order valence-corrected chi connectivity index (χ1v) is 7.13. The second-order valence-corrected chi connectivity index (χ2v) is 5.55. The first-order chi connectivity index (χ1) is 8.06. The number of hydrogen-bond donors (Lipinski definition) is 0. The second kappa shape index (κ2) is 6.74. The van der Waals surface area contributed by atoms with E-state index in [0.29, 0.717) is 5.76 Å². The summed E-state index contributed by atoms with van der Waals surface area (Å²) in [5.41, 5.74) is 0. The second-order valence-electron chi connectivity index (χ2n) is 4.16. The van der Waals surface area contributed by atoms with Gasteiger partial charge in [0.25, 0.3) is 5.91 Å².